The molecule has 1 aromatic heterocycles. The number of H-pyrrole nitrogens is 1. The van der Waals surface area contributed by atoms with Gasteiger partial charge in [0, 0.05) is 18.9 Å². The van der Waals surface area contributed by atoms with E-state index in [1.807, 2.05) is 0 Å². The highest BCUT2D eigenvalue weighted by atomic mass is 16.6. The quantitative estimate of drug-likeness (QED) is 0.612. The summed E-state index contributed by atoms with van der Waals surface area (Å²) in [5, 5.41) is 25.4. The maximum Gasteiger partial charge on any atom is 0.357 e. The zero-order valence-electron chi connectivity index (χ0n) is 12.4. The summed E-state index contributed by atoms with van der Waals surface area (Å²) in [7, 11) is 1.28. The molecule has 0 spiro atoms. The van der Waals surface area contributed by atoms with Crippen molar-refractivity contribution in [2.75, 3.05) is 13.7 Å². The van der Waals surface area contributed by atoms with Crippen LogP contribution in [0, 0.1) is 20.2 Å². The van der Waals surface area contributed by atoms with Crippen LogP contribution in [0.25, 0.3) is 10.9 Å². The van der Waals surface area contributed by atoms with E-state index in [4.69, 9.17) is 4.74 Å². The second-order valence-electron chi connectivity index (χ2n) is 4.74. The van der Waals surface area contributed by atoms with Crippen LogP contribution in [0.1, 0.15) is 12.5 Å². The predicted octanol–water partition coefficient (Wildman–Crippen LogP) is 1.67. The number of nitrogens with one attached hydrogen (secondary N) is 2. The van der Waals surface area contributed by atoms with Crippen molar-refractivity contribution in [1.82, 2.24) is 10.3 Å². The van der Waals surface area contributed by atoms with Crippen LogP contribution < -0.4 is 10.1 Å². The average molecular weight is 322 g/mol. The number of aromatic nitrogens is 1. The second-order valence-corrected chi connectivity index (χ2v) is 4.74. The van der Waals surface area contributed by atoms with Crippen LogP contribution in [-0.2, 0) is 11.2 Å². The van der Waals surface area contributed by atoms with E-state index in [0.29, 0.717) is 10.9 Å². The lowest BCUT2D eigenvalue weighted by molar-refractivity contribution is -0.390. The van der Waals surface area contributed by atoms with Gasteiger partial charge in [0.15, 0.2) is 0 Å². The fourth-order valence-corrected chi connectivity index (χ4v) is 2.39. The number of benzene rings is 1. The molecule has 0 atom stereocenters. The minimum absolute atomic E-state index is 0.00654. The minimum Gasteiger partial charge on any atom is -0.490 e. The van der Waals surface area contributed by atoms with Crippen molar-refractivity contribution >= 4 is 28.3 Å². The van der Waals surface area contributed by atoms with Crippen molar-refractivity contribution in [2.45, 2.75) is 13.3 Å². The first-order valence-corrected chi connectivity index (χ1v) is 6.61. The number of carbonyl (C=O) groups excluding carboxylic acids is 1. The summed E-state index contributed by atoms with van der Waals surface area (Å²) >= 11 is 0. The molecule has 10 heteroatoms. The molecule has 122 valence electrons. The molecule has 0 bridgehead atoms. The molecular formula is C13H14N4O6. The van der Waals surface area contributed by atoms with Gasteiger partial charge in [0.2, 0.25) is 17.2 Å². The topological polar surface area (TPSA) is 140 Å². The molecule has 0 aliphatic heterocycles. The number of rotatable bonds is 6. The number of hydrogen-bond donors (Lipinski definition) is 2. The maximum absolute atomic E-state index is 11.3. The van der Waals surface area contributed by atoms with Gasteiger partial charge in [-0.05, 0) is 23.5 Å². The zero-order chi connectivity index (χ0) is 17.1. The Bertz CT molecular complexity index is 797. The van der Waals surface area contributed by atoms with Gasteiger partial charge in [0.1, 0.15) is 0 Å². The van der Waals surface area contributed by atoms with Crippen molar-refractivity contribution in [2.24, 2.45) is 0 Å². The molecule has 0 aliphatic rings. The second kappa shape index (κ2) is 6.30. The Labute approximate surface area is 129 Å². The van der Waals surface area contributed by atoms with Crippen molar-refractivity contribution in [1.29, 1.82) is 0 Å². The molecule has 1 heterocycles. The molecule has 1 amide bonds. The van der Waals surface area contributed by atoms with Crippen LogP contribution in [0.5, 0.6) is 5.75 Å². The fourth-order valence-electron chi connectivity index (χ4n) is 2.39. The molecule has 23 heavy (non-hydrogen) atoms. The lowest BCUT2D eigenvalue weighted by Gasteiger charge is -2.03. The van der Waals surface area contributed by atoms with Gasteiger partial charge >= 0.3 is 11.5 Å². The summed E-state index contributed by atoms with van der Waals surface area (Å²) in [5.41, 5.74) is -0.0396. The molecular weight excluding hydrogens is 308 g/mol. The standard InChI is InChI=1S/C13H14N4O6/c1-7(18)14-6-5-9-8-3-4-10(23-2)12(16(19)20)11(8)15-13(9)17(21)22/h3-4,15H,5-6H2,1-2H3,(H,14,18). The third kappa shape index (κ3) is 3.05. The molecule has 0 saturated carbocycles. The van der Waals surface area contributed by atoms with Crippen molar-refractivity contribution in [3.05, 3.63) is 37.9 Å². The molecule has 2 N–H and O–H groups in total. The first-order chi connectivity index (χ1) is 10.9. The number of hydrogen-bond acceptors (Lipinski definition) is 6. The van der Waals surface area contributed by atoms with Gasteiger partial charge in [-0.3, -0.25) is 14.9 Å². The summed E-state index contributed by atoms with van der Waals surface area (Å²) in [5.74, 6) is -0.589. The molecule has 2 rings (SSSR count). The van der Waals surface area contributed by atoms with Crippen LogP contribution in [0.3, 0.4) is 0 Å². The SMILES string of the molecule is COc1ccc2c(CCNC(C)=O)c([N+](=O)[O-])[nH]c2c1[N+](=O)[O-]. The lowest BCUT2D eigenvalue weighted by Crippen LogP contribution is -2.22. The van der Waals surface area contributed by atoms with Crippen LogP contribution in [0.15, 0.2) is 12.1 Å². The van der Waals surface area contributed by atoms with E-state index in [1.54, 1.807) is 0 Å². The summed E-state index contributed by atoms with van der Waals surface area (Å²) < 4.78 is 4.95. The van der Waals surface area contributed by atoms with Crippen LogP contribution in [-0.4, -0.2) is 34.4 Å². The average Bonchev–Trinajstić information content (AvgIpc) is 2.84. The minimum atomic E-state index is -0.654. The van der Waals surface area contributed by atoms with Gasteiger partial charge in [-0.2, -0.15) is 0 Å². The molecule has 2 aromatic rings. The summed E-state index contributed by atoms with van der Waals surface area (Å²) in [6.45, 7) is 1.52. The summed E-state index contributed by atoms with van der Waals surface area (Å²) in [4.78, 5) is 34.6. The van der Waals surface area contributed by atoms with E-state index in [2.05, 4.69) is 10.3 Å². The van der Waals surface area contributed by atoms with Crippen molar-refractivity contribution in [3.8, 4) is 5.75 Å². The largest absolute Gasteiger partial charge is 0.490 e. The molecule has 0 fully saturated rings. The van der Waals surface area contributed by atoms with E-state index < -0.39 is 9.85 Å². The highest BCUT2D eigenvalue weighted by Crippen LogP contribution is 2.39. The molecule has 10 nitrogen and oxygen atoms in total. The van der Waals surface area contributed by atoms with Crippen LogP contribution >= 0.6 is 0 Å². The first-order valence-electron chi connectivity index (χ1n) is 6.61. The Morgan fingerprint density at radius 2 is 2.00 bits per heavy atom. The third-order valence-corrected chi connectivity index (χ3v) is 3.33. The van der Waals surface area contributed by atoms with E-state index in [0.717, 1.165) is 0 Å². The van der Waals surface area contributed by atoms with Crippen molar-refractivity contribution < 1.29 is 19.4 Å². The van der Waals surface area contributed by atoms with E-state index in [9.17, 15) is 25.0 Å². The monoisotopic (exact) mass is 322 g/mol. The van der Waals surface area contributed by atoms with E-state index in [1.165, 1.54) is 26.2 Å². The van der Waals surface area contributed by atoms with E-state index in [-0.39, 0.29) is 41.6 Å². The van der Waals surface area contributed by atoms with E-state index >= 15 is 0 Å². The Balaban J connectivity index is 2.62. The number of nitrogens with zero attached hydrogens (tertiary/aromatic N) is 2. The Morgan fingerprint density at radius 3 is 2.52 bits per heavy atom. The predicted molar refractivity (Wildman–Crippen MR) is 80.5 cm³/mol. The van der Waals surface area contributed by atoms with Gasteiger partial charge in [-0.15, -0.1) is 0 Å². The maximum atomic E-state index is 11.3. The molecule has 0 radical (unpaired) electrons. The number of methoxy groups -OCH3 is 1. The van der Waals surface area contributed by atoms with Crippen LogP contribution in [0.4, 0.5) is 11.5 Å². The van der Waals surface area contributed by atoms with Gasteiger partial charge in [-0.1, -0.05) is 0 Å². The highest BCUT2D eigenvalue weighted by molar-refractivity contribution is 5.96. The van der Waals surface area contributed by atoms with Gasteiger partial charge in [-0.25, -0.2) is 4.98 Å². The number of amides is 1. The number of aromatic amines is 1. The number of nitro benzene ring substituents is 1. The molecule has 0 unspecified atom stereocenters. The lowest BCUT2D eigenvalue weighted by atomic mass is 10.1. The molecule has 0 aliphatic carbocycles. The third-order valence-electron chi connectivity index (χ3n) is 3.33. The highest BCUT2D eigenvalue weighted by Gasteiger charge is 2.29. The Kier molecular flexibility index (Phi) is 4.44. The zero-order valence-corrected chi connectivity index (χ0v) is 12.4. The number of nitro groups is 2. The normalized spacial score (nSPS) is 10.5. The summed E-state index contributed by atoms with van der Waals surface area (Å²) in [6, 6.07) is 2.91. The molecule has 0 saturated heterocycles. The van der Waals surface area contributed by atoms with Gasteiger partial charge < -0.3 is 20.2 Å². The Morgan fingerprint density at radius 1 is 1.30 bits per heavy atom. The Hall–Kier alpha value is -3.17. The summed E-state index contributed by atoms with van der Waals surface area (Å²) in [6.07, 6.45) is 0.166. The smallest absolute Gasteiger partial charge is 0.357 e. The number of carbonyl (C=O) groups is 1. The van der Waals surface area contributed by atoms with Crippen molar-refractivity contribution in [3.63, 3.8) is 0 Å². The molecule has 1 aromatic carbocycles. The van der Waals surface area contributed by atoms with Gasteiger partial charge in [0.05, 0.1) is 17.6 Å². The fraction of sp³-hybridized carbons (Fsp3) is 0.308. The first kappa shape index (κ1) is 16.2. The number of ether oxygens (including phenoxy) is 1. The van der Waals surface area contributed by atoms with Crippen LogP contribution in [0.2, 0.25) is 0 Å². The van der Waals surface area contributed by atoms with Gasteiger partial charge in [0.25, 0.3) is 0 Å². The number of fused-ring (bicyclic) bond motifs is 1.